The van der Waals surface area contributed by atoms with Crippen LogP contribution in [0.1, 0.15) is 11.1 Å². The van der Waals surface area contributed by atoms with E-state index in [1.54, 1.807) is 11.3 Å². The number of aryl methyl sites for hydroxylation is 2. The van der Waals surface area contributed by atoms with Crippen molar-refractivity contribution in [3.05, 3.63) is 69.5 Å². The number of nitrogens with zero attached hydrogens (tertiary/aromatic N) is 2. The van der Waals surface area contributed by atoms with Gasteiger partial charge in [-0.25, -0.2) is 4.79 Å². The van der Waals surface area contributed by atoms with Crippen LogP contribution in [0.25, 0.3) is 21.1 Å². The Morgan fingerprint density at radius 3 is 2.56 bits per heavy atom. The topological polar surface area (TPSA) is 26.9 Å². The standard InChI is InChI=1S/C20H21BN2OS/c1-14-6-5-9-18-19(14)15(13-25-18)12-23-17-8-4-3-7-16(17)22(20(23)24)11-10-21-2/h3-9,13,21H,10-12H2,1-2H3. The van der Waals surface area contributed by atoms with Gasteiger partial charge in [0.1, 0.15) is 7.28 Å². The molecule has 0 N–H and O–H groups in total. The van der Waals surface area contributed by atoms with Gasteiger partial charge < -0.3 is 0 Å². The van der Waals surface area contributed by atoms with E-state index in [0.29, 0.717) is 6.54 Å². The molecule has 0 aliphatic carbocycles. The lowest BCUT2D eigenvalue weighted by atomic mass is 9.78. The van der Waals surface area contributed by atoms with Gasteiger partial charge in [-0.05, 0) is 41.6 Å². The molecule has 0 saturated heterocycles. The normalized spacial score (nSPS) is 11.4. The minimum absolute atomic E-state index is 0.0996. The van der Waals surface area contributed by atoms with Gasteiger partial charge in [-0.2, -0.15) is 0 Å². The molecule has 0 fully saturated rings. The molecule has 0 radical (unpaired) electrons. The Morgan fingerprint density at radius 2 is 1.80 bits per heavy atom. The Morgan fingerprint density at radius 1 is 1.04 bits per heavy atom. The molecule has 25 heavy (non-hydrogen) atoms. The largest absolute Gasteiger partial charge is 0.329 e. The van der Waals surface area contributed by atoms with Crippen LogP contribution >= 0.6 is 11.3 Å². The van der Waals surface area contributed by atoms with Crippen LogP contribution in [0.3, 0.4) is 0 Å². The number of thiophene rings is 1. The summed E-state index contributed by atoms with van der Waals surface area (Å²) in [5.74, 6) is 0. The van der Waals surface area contributed by atoms with Crippen molar-refractivity contribution in [2.24, 2.45) is 0 Å². The van der Waals surface area contributed by atoms with Crippen LogP contribution in [0.4, 0.5) is 0 Å². The number of hydrogen-bond acceptors (Lipinski definition) is 2. The van der Waals surface area contributed by atoms with E-state index >= 15 is 0 Å². The molecule has 2 aromatic heterocycles. The van der Waals surface area contributed by atoms with Gasteiger partial charge in [-0.15, -0.1) is 11.3 Å². The first-order valence-corrected chi connectivity index (χ1v) is 9.72. The molecule has 0 spiro atoms. The number of imidazole rings is 1. The van der Waals surface area contributed by atoms with Gasteiger partial charge in [0.25, 0.3) is 0 Å². The summed E-state index contributed by atoms with van der Waals surface area (Å²) in [6.07, 6.45) is 1.02. The fourth-order valence-electron chi connectivity index (χ4n) is 3.59. The van der Waals surface area contributed by atoms with Gasteiger partial charge in [-0.1, -0.05) is 37.4 Å². The molecule has 0 atom stereocenters. The van der Waals surface area contributed by atoms with Crippen molar-refractivity contribution in [1.29, 1.82) is 0 Å². The van der Waals surface area contributed by atoms with E-state index in [2.05, 4.69) is 49.5 Å². The maximum Gasteiger partial charge on any atom is 0.329 e. The number of benzene rings is 2. The van der Waals surface area contributed by atoms with Crippen LogP contribution in [0.15, 0.2) is 52.6 Å². The lowest BCUT2D eigenvalue weighted by molar-refractivity contribution is 0.685. The van der Waals surface area contributed by atoms with Gasteiger partial charge in [0.2, 0.25) is 0 Å². The summed E-state index contributed by atoms with van der Waals surface area (Å²) in [6.45, 7) is 5.71. The summed E-state index contributed by atoms with van der Waals surface area (Å²) in [5, 5.41) is 3.49. The third-order valence-corrected chi connectivity index (χ3v) is 5.87. The second-order valence-electron chi connectivity index (χ2n) is 6.57. The molecule has 0 bridgehead atoms. The van der Waals surface area contributed by atoms with E-state index in [-0.39, 0.29) is 5.69 Å². The van der Waals surface area contributed by atoms with Crippen LogP contribution in [0, 0.1) is 6.92 Å². The van der Waals surface area contributed by atoms with Crippen molar-refractivity contribution in [2.45, 2.75) is 33.2 Å². The van der Waals surface area contributed by atoms with Crippen molar-refractivity contribution in [3.8, 4) is 0 Å². The minimum atomic E-state index is 0.0996. The monoisotopic (exact) mass is 348 g/mol. The molecule has 2 heterocycles. The molecule has 0 amide bonds. The third kappa shape index (κ3) is 2.73. The van der Waals surface area contributed by atoms with Crippen LogP contribution in [0.5, 0.6) is 0 Å². The van der Waals surface area contributed by atoms with Gasteiger partial charge in [0.05, 0.1) is 17.6 Å². The molecule has 4 aromatic rings. The number of para-hydroxylation sites is 2. The average molecular weight is 348 g/mol. The van der Waals surface area contributed by atoms with Crippen LogP contribution in [-0.4, -0.2) is 16.4 Å². The van der Waals surface area contributed by atoms with Gasteiger partial charge in [0.15, 0.2) is 0 Å². The highest BCUT2D eigenvalue weighted by Gasteiger charge is 2.15. The molecule has 2 aromatic carbocycles. The quantitative estimate of drug-likeness (QED) is 0.495. The fraction of sp³-hybridized carbons (Fsp3) is 0.250. The highest BCUT2D eigenvalue weighted by atomic mass is 32.1. The first-order valence-electron chi connectivity index (χ1n) is 8.84. The van der Waals surface area contributed by atoms with Crippen LogP contribution < -0.4 is 5.69 Å². The number of rotatable bonds is 5. The van der Waals surface area contributed by atoms with Crippen molar-refractivity contribution in [3.63, 3.8) is 0 Å². The number of aromatic nitrogens is 2. The second kappa shape index (κ2) is 6.56. The lowest BCUT2D eigenvalue weighted by Crippen LogP contribution is -2.25. The first kappa shape index (κ1) is 16.2. The van der Waals surface area contributed by atoms with Crippen LogP contribution in [0.2, 0.25) is 13.1 Å². The smallest absolute Gasteiger partial charge is 0.293 e. The fourth-order valence-corrected chi connectivity index (χ4v) is 4.62. The summed E-state index contributed by atoms with van der Waals surface area (Å²) < 4.78 is 5.15. The molecule has 0 aliphatic heterocycles. The molecule has 0 unspecified atom stereocenters. The van der Waals surface area contributed by atoms with Gasteiger partial charge in [0, 0.05) is 16.6 Å². The summed E-state index contributed by atoms with van der Waals surface area (Å²) in [5.41, 5.74) is 4.67. The summed E-state index contributed by atoms with van der Waals surface area (Å²) in [4.78, 5) is 13.1. The average Bonchev–Trinajstić information content (AvgIpc) is 3.15. The Bertz CT molecular complexity index is 1110. The van der Waals surface area contributed by atoms with Crippen molar-refractivity contribution in [1.82, 2.24) is 9.13 Å². The van der Waals surface area contributed by atoms with Crippen molar-refractivity contribution < 1.29 is 0 Å². The van der Waals surface area contributed by atoms with E-state index in [1.807, 2.05) is 21.3 Å². The zero-order valence-corrected chi connectivity index (χ0v) is 15.5. The molecular weight excluding hydrogens is 327 g/mol. The molecule has 0 saturated carbocycles. The van der Waals surface area contributed by atoms with E-state index < -0.39 is 0 Å². The van der Waals surface area contributed by atoms with Crippen molar-refractivity contribution >= 4 is 39.7 Å². The highest BCUT2D eigenvalue weighted by Crippen LogP contribution is 2.29. The molecule has 126 valence electrons. The summed E-state index contributed by atoms with van der Waals surface area (Å²) in [6, 6.07) is 14.5. The predicted molar refractivity (Wildman–Crippen MR) is 110 cm³/mol. The molecular formula is C20H21BN2OS. The Kier molecular flexibility index (Phi) is 4.26. The van der Waals surface area contributed by atoms with Gasteiger partial charge in [-0.3, -0.25) is 9.13 Å². The van der Waals surface area contributed by atoms with E-state index in [1.165, 1.54) is 21.2 Å². The SMILES string of the molecule is CBCCn1c(=O)n(Cc2csc3cccc(C)c23)c2ccccc21. The van der Waals surface area contributed by atoms with Crippen molar-refractivity contribution in [2.75, 3.05) is 0 Å². The molecule has 3 nitrogen and oxygen atoms in total. The Labute approximate surface area is 151 Å². The number of fused-ring (bicyclic) bond motifs is 2. The van der Waals surface area contributed by atoms with E-state index in [9.17, 15) is 4.79 Å². The Hall–Kier alpha value is -2.27. The van der Waals surface area contributed by atoms with Crippen LogP contribution in [-0.2, 0) is 13.1 Å². The maximum absolute atomic E-state index is 13.1. The van der Waals surface area contributed by atoms with E-state index in [0.717, 1.165) is 31.2 Å². The molecule has 4 rings (SSSR count). The molecule has 5 heteroatoms. The Balaban J connectivity index is 1.86. The molecule has 0 aliphatic rings. The first-order chi connectivity index (χ1) is 12.2. The summed E-state index contributed by atoms with van der Waals surface area (Å²) in [7, 11) is 1.08. The predicted octanol–water partition coefficient (Wildman–Crippen LogP) is 4.28. The summed E-state index contributed by atoms with van der Waals surface area (Å²) >= 11 is 1.76. The minimum Gasteiger partial charge on any atom is -0.293 e. The highest BCUT2D eigenvalue weighted by molar-refractivity contribution is 7.17. The third-order valence-electron chi connectivity index (χ3n) is 4.87. The number of hydrogen-bond donors (Lipinski definition) is 0. The van der Waals surface area contributed by atoms with E-state index in [4.69, 9.17) is 0 Å². The van der Waals surface area contributed by atoms with Gasteiger partial charge >= 0.3 is 5.69 Å². The lowest BCUT2D eigenvalue weighted by Gasteiger charge is -2.04. The zero-order valence-electron chi connectivity index (χ0n) is 14.7. The zero-order chi connectivity index (χ0) is 17.4. The second-order valence-corrected chi connectivity index (χ2v) is 7.48. The maximum atomic E-state index is 13.1.